The standard InChI is InChI=1S/C14H14O4S/c15-19(16,17)11-13-6-8-14(9-7-13)18-10-12-4-2-1-3-5-12/h1-9H,10-11H2,(H,15,16,17)/p-1. The van der Waals surface area contributed by atoms with Crippen LogP contribution < -0.4 is 4.74 Å². The molecule has 0 aliphatic carbocycles. The number of rotatable bonds is 5. The highest BCUT2D eigenvalue weighted by atomic mass is 32.2. The van der Waals surface area contributed by atoms with Crippen LogP contribution in [0.2, 0.25) is 0 Å². The Morgan fingerprint density at radius 3 is 2.11 bits per heavy atom. The van der Waals surface area contributed by atoms with Crippen LogP contribution in [-0.2, 0) is 22.5 Å². The van der Waals surface area contributed by atoms with Crippen molar-refractivity contribution in [1.29, 1.82) is 0 Å². The molecule has 19 heavy (non-hydrogen) atoms. The second-order valence-electron chi connectivity index (χ2n) is 4.12. The van der Waals surface area contributed by atoms with E-state index in [-0.39, 0.29) is 0 Å². The van der Waals surface area contributed by atoms with Crippen molar-refractivity contribution in [1.82, 2.24) is 0 Å². The van der Waals surface area contributed by atoms with Crippen LogP contribution in [0.25, 0.3) is 0 Å². The molecule has 0 radical (unpaired) electrons. The van der Waals surface area contributed by atoms with Crippen molar-refractivity contribution in [2.45, 2.75) is 12.4 Å². The van der Waals surface area contributed by atoms with Crippen LogP contribution in [0.3, 0.4) is 0 Å². The summed E-state index contributed by atoms with van der Waals surface area (Å²) >= 11 is 0. The first-order chi connectivity index (χ1) is 9.03. The largest absolute Gasteiger partial charge is 0.748 e. The lowest BCUT2D eigenvalue weighted by molar-refractivity contribution is 0.306. The maximum Gasteiger partial charge on any atom is 0.119 e. The second-order valence-corrected chi connectivity index (χ2v) is 5.52. The van der Waals surface area contributed by atoms with E-state index in [4.69, 9.17) is 4.74 Å². The summed E-state index contributed by atoms with van der Waals surface area (Å²) in [5.41, 5.74) is 1.51. The van der Waals surface area contributed by atoms with Gasteiger partial charge in [-0.25, -0.2) is 8.42 Å². The topological polar surface area (TPSA) is 66.4 Å². The molecule has 5 heteroatoms. The summed E-state index contributed by atoms with van der Waals surface area (Å²) in [7, 11) is -4.24. The molecule has 0 unspecified atom stereocenters. The van der Waals surface area contributed by atoms with E-state index in [0.717, 1.165) is 5.56 Å². The van der Waals surface area contributed by atoms with Crippen LogP contribution in [-0.4, -0.2) is 13.0 Å². The van der Waals surface area contributed by atoms with Crippen LogP contribution in [0.1, 0.15) is 11.1 Å². The highest BCUT2D eigenvalue weighted by Crippen LogP contribution is 2.15. The molecule has 0 bridgehead atoms. The van der Waals surface area contributed by atoms with E-state index in [2.05, 4.69) is 0 Å². The third kappa shape index (κ3) is 4.73. The first kappa shape index (κ1) is 13.6. The molecule has 0 aliphatic rings. The zero-order valence-electron chi connectivity index (χ0n) is 10.2. The first-order valence-electron chi connectivity index (χ1n) is 5.72. The molecule has 0 aliphatic heterocycles. The average Bonchev–Trinajstić information content (AvgIpc) is 2.37. The van der Waals surface area contributed by atoms with Crippen LogP contribution >= 0.6 is 0 Å². The van der Waals surface area contributed by atoms with Crippen molar-refractivity contribution >= 4 is 10.1 Å². The van der Waals surface area contributed by atoms with E-state index in [1.165, 1.54) is 0 Å². The molecule has 2 rings (SSSR count). The lowest BCUT2D eigenvalue weighted by atomic mass is 10.2. The van der Waals surface area contributed by atoms with Crippen molar-refractivity contribution in [2.75, 3.05) is 0 Å². The van der Waals surface area contributed by atoms with Gasteiger partial charge in [-0.3, -0.25) is 0 Å². The molecule has 0 amide bonds. The summed E-state index contributed by atoms with van der Waals surface area (Å²) in [6.45, 7) is 0.444. The molecule has 0 fully saturated rings. The summed E-state index contributed by atoms with van der Waals surface area (Å²) in [5.74, 6) is 0.141. The normalized spacial score (nSPS) is 11.2. The quantitative estimate of drug-likeness (QED) is 0.787. The van der Waals surface area contributed by atoms with Gasteiger partial charge in [-0.1, -0.05) is 42.5 Å². The number of ether oxygens (including phenoxy) is 1. The van der Waals surface area contributed by atoms with E-state index >= 15 is 0 Å². The first-order valence-corrected chi connectivity index (χ1v) is 7.30. The van der Waals surface area contributed by atoms with Gasteiger partial charge in [-0.2, -0.15) is 0 Å². The molecule has 2 aromatic carbocycles. The van der Waals surface area contributed by atoms with Gasteiger partial charge in [0.1, 0.15) is 12.4 Å². The van der Waals surface area contributed by atoms with E-state index < -0.39 is 15.9 Å². The summed E-state index contributed by atoms with van der Waals surface area (Å²) in [6.07, 6.45) is 0. The van der Waals surface area contributed by atoms with Crippen molar-refractivity contribution < 1.29 is 17.7 Å². The molecule has 0 atom stereocenters. The van der Waals surface area contributed by atoms with Crippen molar-refractivity contribution in [2.24, 2.45) is 0 Å². The minimum Gasteiger partial charge on any atom is -0.748 e. The SMILES string of the molecule is O=S(=O)([O-])Cc1ccc(OCc2ccccc2)cc1. The fourth-order valence-corrected chi connectivity index (χ4v) is 2.23. The summed E-state index contributed by atoms with van der Waals surface area (Å²) < 4.78 is 37.4. The predicted octanol–water partition coefficient (Wildman–Crippen LogP) is 2.31. The molecule has 4 nitrogen and oxygen atoms in total. The Morgan fingerprint density at radius 1 is 0.895 bits per heavy atom. The molecule has 0 spiro atoms. The maximum absolute atomic E-state index is 10.6. The molecule has 0 heterocycles. The van der Waals surface area contributed by atoms with E-state index in [9.17, 15) is 13.0 Å². The molecule has 0 aromatic heterocycles. The molecule has 0 saturated heterocycles. The zero-order valence-corrected chi connectivity index (χ0v) is 11.0. The minimum absolute atomic E-state index is 0.444. The molecule has 100 valence electrons. The summed E-state index contributed by atoms with van der Waals surface area (Å²) in [6, 6.07) is 16.2. The van der Waals surface area contributed by atoms with E-state index in [1.54, 1.807) is 24.3 Å². The third-order valence-corrected chi connectivity index (χ3v) is 3.20. The lowest BCUT2D eigenvalue weighted by Gasteiger charge is -2.09. The van der Waals surface area contributed by atoms with Crippen LogP contribution in [0.4, 0.5) is 0 Å². The number of hydrogen-bond acceptors (Lipinski definition) is 4. The Balaban J connectivity index is 1.96. The monoisotopic (exact) mass is 277 g/mol. The Hall–Kier alpha value is -1.85. The van der Waals surface area contributed by atoms with Gasteiger partial charge in [0.15, 0.2) is 0 Å². The van der Waals surface area contributed by atoms with E-state index in [1.807, 2.05) is 30.3 Å². The molecule has 0 N–H and O–H groups in total. The number of benzene rings is 2. The molecule has 0 saturated carbocycles. The van der Waals surface area contributed by atoms with Gasteiger partial charge < -0.3 is 9.29 Å². The fraction of sp³-hybridized carbons (Fsp3) is 0.143. The van der Waals surface area contributed by atoms with Gasteiger partial charge in [-0.15, -0.1) is 0 Å². The highest BCUT2D eigenvalue weighted by Gasteiger charge is 2.00. The maximum atomic E-state index is 10.6. The highest BCUT2D eigenvalue weighted by molar-refractivity contribution is 7.84. The third-order valence-electron chi connectivity index (χ3n) is 2.52. The Labute approximate surface area is 112 Å². The van der Waals surface area contributed by atoms with Crippen molar-refractivity contribution in [3.05, 3.63) is 65.7 Å². The second kappa shape index (κ2) is 5.86. The van der Waals surface area contributed by atoms with Crippen molar-refractivity contribution in [3.8, 4) is 5.75 Å². The fourth-order valence-electron chi connectivity index (χ4n) is 1.63. The van der Waals surface area contributed by atoms with Gasteiger partial charge in [0, 0.05) is 0 Å². The summed E-state index contributed by atoms with van der Waals surface area (Å²) in [5, 5.41) is 0. The van der Waals surface area contributed by atoms with Gasteiger partial charge in [0.05, 0.1) is 15.9 Å². The molecule has 2 aromatic rings. The van der Waals surface area contributed by atoms with Gasteiger partial charge in [-0.05, 0) is 23.3 Å². The lowest BCUT2D eigenvalue weighted by Crippen LogP contribution is -2.02. The van der Waals surface area contributed by atoms with E-state index in [0.29, 0.717) is 17.9 Å². The Morgan fingerprint density at radius 2 is 1.53 bits per heavy atom. The van der Waals surface area contributed by atoms with Crippen molar-refractivity contribution in [3.63, 3.8) is 0 Å². The average molecular weight is 277 g/mol. The zero-order chi connectivity index (χ0) is 13.7. The van der Waals surface area contributed by atoms with Gasteiger partial charge in [0.25, 0.3) is 0 Å². The predicted molar refractivity (Wildman–Crippen MR) is 70.6 cm³/mol. The van der Waals surface area contributed by atoms with Crippen LogP contribution in [0, 0.1) is 0 Å². The summed E-state index contributed by atoms with van der Waals surface area (Å²) in [4.78, 5) is 0. The minimum atomic E-state index is -4.24. The smallest absolute Gasteiger partial charge is 0.119 e. The van der Waals surface area contributed by atoms with Gasteiger partial charge >= 0.3 is 0 Å². The molecular weight excluding hydrogens is 264 g/mol. The van der Waals surface area contributed by atoms with Crippen LogP contribution in [0.15, 0.2) is 54.6 Å². The Bertz CT molecular complexity index is 618. The Kier molecular flexibility index (Phi) is 4.19. The van der Waals surface area contributed by atoms with Crippen LogP contribution in [0.5, 0.6) is 5.75 Å². The number of hydrogen-bond donors (Lipinski definition) is 0. The molecular formula is C14H13O4S-. The van der Waals surface area contributed by atoms with Gasteiger partial charge in [0.2, 0.25) is 0 Å².